The summed E-state index contributed by atoms with van der Waals surface area (Å²) in [5.74, 6) is -0.269. The van der Waals surface area contributed by atoms with Gasteiger partial charge in [-0.15, -0.1) is 11.3 Å². The molecule has 6 heteroatoms. The molecule has 0 saturated heterocycles. The minimum absolute atomic E-state index is 0.0238. The van der Waals surface area contributed by atoms with Crippen LogP contribution in [-0.4, -0.2) is 10.9 Å². The smallest absolute Gasteiger partial charge is 0.224 e. The number of nitrogens with zero attached hydrogens (tertiary/aromatic N) is 1. The number of halogens is 1. The third-order valence-electron chi connectivity index (χ3n) is 3.78. The Kier molecular flexibility index (Phi) is 5.96. The number of benzene rings is 2. The molecule has 0 unspecified atom stereocenters. The number of carbonyl (C=O) groups is 1. The zero-order valence-electron chi connectivity index (χ0n) is 14.5. The lowest BCUT2D eigenvalue weighted by molar-refractivity contribution is -0.116. The number of amides is 1. The van der Waals surface area contributed by atoms with Crippen molar-refractivity contribution in [2.24, 2.45) is 0 Å². The van der Waals surface area contributed by atoms with E-state index in [2.05, 4.69) is 22.5 Å². The van der Waals surface area contributed by atoms with Crippen LogP contribution in [0.5, 0.6) is 0 Å². The van der Waals surface area contributed by atoms with Gasteiger partial charge < -0.3 is 10.6 Å². The number of thiazole rings is 1. The molecule has 3 aromatic rings. The molecule has 4 nitrogen and oxygen atoms in total. The van der Waals surface area contributed by atoms with Gasteiger partial charge in [0.05, 0.1) is 5.69 Å². The lowest BCUT2D eigenvalue weighted by atomic mass is 10.1. The quantitative estimate of drug-likeness (QED) is 0.551. The van der Waals surface area contributed by atoms with E-state index in [1.807, 2.05) is 29.6 Å². The highest BCUT2D eigenvalue weighted by molar-refractivity contribution is 7.14. The van der Waals surface area contributed by atoms with Crippen molar-refractivity contribution in [3.05, 3.63) is 59.7 Å². The first-order valence-corrected chi connectivity index (χ1v) is 9.40. The molecule has 0 aliphatic rings. The molecule has 0 saturated carbocycles. The third kappa shape index (κ3) is 4.89. The van der Waals surface area contributed by atoms with Crippen molar-refractivity contribution < 1.29 is 9.18 Å². The van der Waals surface area contributed by atoms with E-state index in [0.717, 1.165) is 29.8 Å². The SMILES string of the molecule is CCCCC(=O)Nc1cccc(-c2csc(Nc3cccc(F)c3)n2)c1. The predicted molar refractivity (Wildman–Crippen MR) is 105 cm³/mol. The molecule has 2 aromatic carbocycles. The summed E-state index contributed by atoms with van der Waals surface area (Å²) in [7, 11) is 0. The monoisotopic (exact) mass is 369 g/mol. The average molecular weight is 369 g/mol. The molecule has 134 valence electrons. The van der Waals surface area contributed by atoms with Crippen LogP contribution in [0, 0.1) is 5.82 Å². The van der Waals surface area contributed by atoms with E-state index in [4.69, 9.17) is 0 Å². The minimum atomic E-state index is -0.293. The van der Waals surface area contributed by atoms with Gasteiger partial charge in [0.15, 0.2) is 5.13 Å². The molecule has 26 heavy (non-hydrogen) atoms. The van der Waals surface area contributed by atoms with Crippen LogP contribution in [-0.2, 0) is 4.79 Å². The molecule has 1 amide bonds. The number of unbranched alkanes of at least 4 members (excludes halogenated alkanes) is 1. The molecular formula is C20H20FN3OS. The number of aromatic nitrogens is 1. The van der Waals surface area contributed by atoms with E-state index >= 15 is 0 Å². The van der Waals surface area contributed by atoms with E-state index in [-0.39, 0.29) is 11.7 Å². The van der Waals surface area contributed by atoms with Crippen molar-refractivity contribution in [3.63, 3.8) is 0 Å². The van der Waals surface area contributed by atoms with E-state index in [0.29, 0.717) is 17.2 Å². The summed E-state index contributed by atoms with van der Waals surface area (Å²) in [6.07, 6.45) is 2.40. The molecule has 3 rings (SSSR count). The van der Waals surface area contributed by atoms with Gasteiger partial charge in [0.2, 0.25) is 5.91 Å². The fourth-order valence-corrected chi connectivity index (χ4v) is 3.21. The van der Waals surface area contributed by atoms with E-state index in [1.165, 1.54) is 23.5 Å². The van der Waals surface area contributed by atoms with Gasteiger partial charge >= 0.3 is 0 Å². The normalized spacial score (nSPS) is 10.5. The lowest BCUT2D eigenvalue weighted by Gasteiger charge is -2.06. The Morgan fingerprint density at radius 3 is 2.77 bits per heavy atom. The maximum Gasteiger partial charge on any atom is 0.224 e. The van der Waals surface area contributed by atoms with Gasteiger partial charge in [-0.05, 0) is 36.8 Å². The molecule has 0 fully saturated rings. The van der Waals surface area contributed by atoms with Crippen molar-refractivity contribution >= 4 is 33.8 Å². The predicted octanol–water partition coefficient (Wildman–Crippen LogP) is 5.82. The summed E-state index contributed by atoms with van der Waals surface area (Å²) < 4.78 is 13.3. The van der Waals surface area contributed by atoms with Crippen molar-refractivity contribution in [3.8, 4) is 11.3 Å². The van der Waals surface area contributed by atoms with Gasteiger partial charge in [0.1, 0.15) is 5.82 Å². The molecule has 0 radical (unpaired) electrons. The maximum absolute atomic E-state index is 13.3. The van der Waals surface area contributed by atoms with E-state index in [9.17, 15) is 9.18 Å². The number of hydrogen-bond donors (Lipinski definition) is 2. The zero-order valence-corrected chi connectivity index (χ0v) is 15.3. The first-order chi connectivity index (χ1) is 12.6. The number of nitrogens with one attached hydrogen (secondary N) is 2. The van der Waals surface area contributed by atoms with Gasteiger partial charge in [-0.3, -0.25) is 4.79 Å². The van der Waals surface area contributed by atoms with Gasteiger partial charge in [0, 0.05) is 28.7 Å². The maximum atomic E-state index is 13.3. The Hall–Kier alpha value is -2.73. The third-order valence-corrected chi connectivity index (χ3v) is 4.54. The van der Waals surface area contributed by atoms with Crippen LogP contribution in [0.3, 0.4) is 0 Å². The Labute approximate surface area is 156 Å². The highest BCUT2D eigenvalue weighted by atomic mass is 32.1. The number of anilines is 3. The fraction of sp³-hybridized carbons (Fsp3) is 0.200. The van der Waals surface area contributed by atoms with Gasteiger partial charge in [-0.25, -0.2) is 9.37 Å². The average Bonchev–Trinajstić information content (AvgIpc) is 3.09. The van der Waals surface area contributed by atoms with Crippen LogP contribution in [0.4, 0.5) is 20.9 Å². The van der Waals surface area contributed by atoms with Crippen molar-refractivity contribution in [1.29, 1.82) is 0 Å². The van der Waals surface area contributed by atoms with E-state index in [1.54, 1.807) is 12.1 Å². The second-order valence-electron chi connectivity index (χ2n) is 5.91. The zero-order chi connectivity index (χ0) is 18.4. The summed E-state index contributed by atoms with van der Waals surface area (Å²) in [6, 6.07) is 13.9. The van der Waals surface area contributed by atoms with Crippen molar-refractivity contribution in [1.82, 2.24) is 4.98 Å². The molecule has 0 spiro atoms. The molecule has 0 atom stereocenters. The van der Waals surface area contributed by atoms with Gasteiger partial charge in [0.25, 0.3) is 0 Å². The molecule has 0 aliphatic carbocycles. The molecule has 1 aromatic heterocycles. The first kappa shape index (κ1) is 18.1. The molecule has 0 bridgehead atoms. The molecule has 2 N–H and O–H groups in total. The molecule has 0 aliphatic heterocycles. The Balaban J connectivity index is 1.70. The summed E-state index contributed by atoms with van der Waals surface area (Å²) in [6.45, 7) is 2.06. The highest BCUT2D eigenvalue weighted by Crippen LogP contribution is 2.28. The Bertz CT molecular complexity index is 894. The second-order valence-corrected chi connectivity index (χ2v) is 6.76. The number of carbonyl (C=O) groups excluding carboxylic acids is 1. The van der Waals surface area contributed by atoms with Crippen molar-refractivity contribution in [2.75, 3.05) is 10.6 Å². The van der Waals surface area contributed by atoms with Crippen LogP contribution in [0.25, 0.3) is 11.3 Å². The second kappa shape index (κ2) is 8.58. The van der Waals surface area contributed by atoms with Crippen LogP contribution in [0.2, 0.25) is 0 Å². The molecular weight excluding hydrogens is 349 g/mol. The Morgan fingerprint density at radius 1 is 1.15 bits per heavy atom. The summed E-state index contributed by atoms with van der Waals surface area (Å²) in [4.78, 5) is 16.4. The van der Waals surface area contributed by atoms with Crippen LogP contribution in [0.15, 0.2) is 53.9 Å². The molecule has 1 heterocycles. The fourth-order valence-electron chi connectivity index (χ4n) is 2.47. The summed E-state index contributed by atoms with van der Waals surface area (Å²) >= 11 is 1.44. The minimum Gasteiger partial charge on any atom is -0.331 e. The summed E-state index contributed by atoms with van der Waals surface area (Å²) in [5.41, 5.74) is 3.14. The lowest BCUT2D eigenvalue weighted by Crippen LogP contribution is -2.10. The van der Waals surface area contributed by atoms with Crippen LogP contribution in [0.1, 0.15) is 26.2 Å². The van der Waals surface area contributed by atoms with E-state index < -0.39 is 0 Å². The summed E-state index contributed by atoms with van der Waals surface area (Å²) in [5, 5.41) is 8.64. The Morgan fingerprint density at radius 2 is 1.96 bits per heavy atom. The highest BCUT2D eigenvalue weighted by Gasteiger charge is 2.08. The van der Waals surface area contributed by atoms with Crippen molar-refractivity contribution in [2.45, 2.75) is 26.2 Å². The largest absolute Gasteiger partial charge is 0.331 e. The first-order valence-electron chi connectivity index (χ1n) is 8.52. The topological polar surface area (TPSA) is 54.0 Å². The van der Waals surface area contributed by atoms with Gasteiger partial charge in [-0.1, -0.05) is 31.5 Å². The van der Waals surface area contributed by atoms with Crippen LogP contribution >= 0.6 is 11.3 Å². The van der Waals surface area contributed by atoms with Crippen LogP contribution < -0.4 is 10.6 Å². The van der Waals surface area contributed by atoms with Gasteiger partial charge in [-0.2, -0.15) is 0 Å². The standard InChI is InChI=1S/C20H20FN3OS/c1-2-3-10-19(25)22-16-8-4-6-14(11-16)18-13-26-20(24-18)23-17-9-5-7-15(21)12-17/h4-9,11-13H,2-3,10H2,1H3,(H,22,25)(H,23,24). The number of hydrogen-bond acceptors (Lipinski definition) is 4. The number of rotatable bonds is 7.